The Kier molecular flexibility index (Phi) is 7.78. The molecule has 0 aliphatic carbocycles. The summed E-state index contributed by atoms with van der Waals surface area (Å²) in [6.45, 7) is 0.354. The molecule has 4 aromatic rings. The monoisotopic (exact) mass is 559 g/mol. The number of nitrogens with two attached hydrogens (primary N) is 1. The molecule has 1 aromatic carbocycles. The number of primary amides is 1. The van der Waals surface area contributed by atoms with Crippen molar-refractivity contribution in [2.75, 3.05) is 13.2 Å². The number of aryl methyl sites for hydroxylation is 1. The zero-order valence-electron chi connectivity index (χ0n) is 21.4. The Morgan fingerprint density at radius 3 is 2.48 bits per heavy atom. The van der Waals surface area contributed by atoms with Gasteiger partial charge in [0.15, 0.2) is 0 Å². The van der Waals surface area contributed by atoms with Gasteiger partial charge in [-0.3, -0.25) is 9.59 Å². The lowest BCUT2D eigenvalue weighted by molar-refractivity contribution is -0.265. The average molecular weight is 560 g/mol. The van der Waals surface area contributed by atoms with Crippen LogP contribution >= 0.6 is 0 Å². The third-order valence-electron chi connectivity index (χ3n) is 6.23. The summed E-state index contributed by atoms with van der Waals surface area (Å²) >= 11 is 0. The van der Waals surface area contributed by atoms with Crippen molar-refractivity contribution in [1.29, 1.82) is 0 Å². The second-order valence-corrected chi connectivity index (χ2v) is 8.99. The maximum Gasteiger partial charge on any atom is 0.424 e. The van der Waals surface area contributed by atoms with E-state index in [0.717, 1.165) is 18.2 Å². The van der Waals surface area contributed by atoms with Crippen LogP contribution in [0.3, 0.4) is 0 Å². The molecule has 13 heteroatoms. The molecule has 0 saturated carbocycles. The normalized spacial score (nSPS) is 13.2. The molecule has 0 saturated heterocycles. The van der Waals surface area contributed by atoms with Gasteiger partial charge in [-0.1, -0.05) is 0 Å². The summed E-state index contributed by atoms with van der Waals surface area (Å²) in [5, 5.41) is 13.6. The molecule has 40 heavy (non-hydrogen) atoms. The van der Waals surface area contributed by atoms with Gasteiger partial charge in [-0.05, 0) is 49.4 Å². The van der Waals surface area contributed by atoms with Gasteiger partial charge in [0.05, 0.1) is 30.8 Å². The molecule has 0 bridgehead atoms. The van der Waals surface area contributed by atoms with Crippen LogP contribution in [-0.4, -0.2) is 50.8 Å². The number of benzene rings is 1. The highest BCUT2D eigenvalue weighted by molar-refractivity contribution is 6.05. The van der Waals surface area contributed by atoms with Crippen molar-refractivity contribution in [2.24, 2.45) is 12.8 Å². The number of fused-ring (bicyclic) bond motifs is 1. The summed E-state index contributed by atoms with van der Waals surface area (Å²) in [6.07, 6.45) is -2.89. The van der Waals surface area contributed by atoms with E-state index in [1.165, 1.54) is 24.4 Å². The number of carbonyl (C=O) groups is 2. The number of carbonyl (C=O) groups excluding carboxylic acids is 2. The van der Waals surface area contributed by atoms with Crippen molar-refractivity contribution in [3.8, 4) is 17.0 Å². The number of hydrogen-bond acceptors (Lipinski definition) is 6. The van der Waals surface area contributed by atoms with Gasteiger partial charge >= 0.3 is 6.18 Å². The number of ether oxygens (including phenoxy) is 1. The number of nitrogens with one attached hydrogen (secondary N) is 1. The Morgan fingerprint density at radius 2 is 1.85 bits per heavy atom. The van der Waals surface area contributed by atoms with E-state index in [9.17, 15) is 32.3 Å². The van der Waals surface area contributed by atoms with Gasteiger partial charge in [-0.2, -0.15) is 13.2 Å². The maximum atomic E-state index is 14.5. The van der Waals surface area contributed by atoms with Crippen molar-refractivity contribution in [2.45, 2.75) is 25.1 Å². The molecule has 0 radical (unpaired) electrons. The first-order valence-corrected chi connectivity index (χ1v) is 12.0. The number of halogens is 4. The predicted octanol–water partition coefficient (Wildman–Crippen LogP) is 3.38. The number of pyridine rings is 2. The van der Waals surface area contributed by atoms with Crippen molar-refractivity contribution >= 4 is 22.8 Å². The lowest BCUT2D eigenvalue weighted by Crippen LogP contribution is -2.51. The number of nitrogens with zero attached hydrogens (tertiary/aromatic N) is 3. The highest BCUT2D eigenvalue weighted by atomic mass is 19.4. The predicted molar refractivity (Wildman–Crippen MR) is 137 cm³/mol. The molecule has 4 rings (SSSR count). The first-order valence-electron chi connectivity index (χ1n) is 12.0. The fourth-order valence-electron chi connectivity index (χ4n) is 4.23. The SMILES string of the molecule is CCOc1c(CC(N)=O)cc([C@@](O)(CNC(=O)c2ccnc3c2ccn3C)C(F)(F)F)nc1-c1ccc(F)cc1. The van der Waals surface area contributed by atoms with E-state index in [1.54, 1.807) is 30.8 Å². The Morgan fingerprint density at radius 1 is 1.15 bits per heavy atom. The van der Waals surface area contributed by atoms with E-state index in [-0.39, 0.29) is 34.7 Å². The molecule has 4 N–H and O–H groups in total. The third kappa shape index (κ3) is 5.45. The van der Waals surface area contributed by atoms with Crippen molar-refractivity contribution in [1.82, 2.24) is 19.9 Å². The molecular formula is C27H25F4N5O4. The first kappa shape index (κ1) is 28.5. The summed E-state index contributed by atoms with van der Waals surface area (Å²) in [5.41, 5.74) is 1.12. The largest absolute Gasteiger partial charge is 0.491 e. The quantitative estimate of drug-likeness (QED) is 0.270. The topological polar surface area (TPSA) is 132 Å². The van der Waals surface area contributed by atoms with Crippen LogP contribution in [0.1, 0.15) is 28.5 Å². The van der Waals surface area contributed by atoms with Gasteiger partial charge in [0.2, 0.25) is 11.5 Å². The van der Waals surface area contributed by atoms with Crippen LogP contribution in [0, 0.1) is 5.82 Å². The second-order valence-electron chi connectivity index (χ2n) is 8.99. The van der Waals surface area contributed by atoms with E-state index < -0.39 is 48.1 Å². The summed E-state index contributed by atoms with van der Waals surface area (Å²) in [7, 11) is 1.69. The zero-order valence-corrected chi connectivity index (χ0v) is 21.4. The van der Waals surface area contributed by atoms with Gasteiger partial charge in [0.25, 0.3) is 5.91 Å². The highest BCUT2D eigenvalue weighted by Gasteiger charge is 2.56. The molecule has 0 aliphatic rings. The summed E-state index contributed by atoms with van der Waals surface area (Å²) in [6, 6.07) is 8.47. The number of hydrogen-bond donors (Lipinski definition) is 3. The molecule has 0 fully saturated rings. The van der Waals surface area contributed by atoms with Gasteiger partial charge in [-0.15, -0.1) is 0 Å². The van der Waals surface area contributed by atoms with Crippen LogP contribution in [0.25, 0.3) is 22.3 Å². The summed E-state index contributed by atoms with van der Waals surface area (Å²) < 4.78 is 64.3. The minimum Gasteiger partial charge on any atom is -0.491 e. The van der Waals surface area contributed by atoms with Gasteiger partial charge in [-0.25, -0.2) is 14.4 Å². The first-order chi connectivity index (χ1) is 18.9. The average Bonchev–Trinajstić information content (AvgIpc) is 3.28. The van der Waals surface area contributed by atoms with E-state index >= 15 is 0 Å². The fraction of sp³-hybridized carbons (Fsp3) is 0.259. The minimum absolute atomic E-state index is 0.0477. The lowest BCUT2D eigenvalue weighted by Gasteiger charge is -2.31. The van der Waals surface area contributed by atoms with E-state index in [1.807, 2.05) is 0 Å². The van der Waals surface area contributed by atoms with E-state index in [0.29, 0.717) is 11.0 Å². The van der Waals surface area contributed by atoms with Crippen molar-refractivity contribution < 1.29 is 37.0 Å². The number of amides is 2. The van der Waals surface area contributed by atoms with Crippen LogP contribution in [0.2, 0.25) is 0 Å². The number of alkyl halides is 3. The number of aromatic nitrogens is 3. The molecule has 9 nitrogen and oxygen atoms in total. The standard InChI is InChI=1S/C27H25F4N5O4/c1-3-40-23-16(13-21(32)37)12-20(35-22(23)15-4-6-17(28)7-5-15)26(39,27(29,30)31)14-34-25(38)19-8-10-33-24-18(19)9-11-36(24)2/h4-12,39H,3,13-14H2,1-2H3,(H2,32,37)(H,34,38)/t26-/m0/s1. The zero-order chi connectivity index (χ0) is 29.2. The molecule has 3 heterocycles. The molecule has 2 amide bonds. The van der Waals surface area contributed by atoms with Crippen molar-refractivity contribution in [3.63, 3.8) is 0 Å². The Balaban J connectivity index is 1.82. The number of aliphatic hydroxyl groups is 1. The minimum atomic E-state index is -5.33. The van der Waals surface area contributed by atoms with Crippen molar-refractivity contribution in [3.05, 3.63) is 77.5 Å². The molecule has 3 aromatic heterocycles. The third-order valence-corrected chi connectivity index (χ3v) is 6.23. The number of rotatable bonds is 9. The summed E-state index contributed by atoms with van der Waals surface area (Å²) in [4.78, 5) is 33.0. The van der Waals surface area contributed by atoms with Crippen LogP contribution in [0.4, 0.5) is 17.6 Å². The molecule has 0 spiro atoms. The van der Waals surface area contributed by atoms with Crippen LogP contribution < -0.4 is 15.8 Å². The Hall–Kier alpha value is -4.52. The highest BCUT2D eigenvalue weighted by Crippen LogP contribution is 2.42. The van der Waals surface area contributed by atoms with Crippen LogP contribution in [0.5, 0.6) is 5.75 Å². The van der Waals surface area contributed by atoms with Gasteiger partial charge in [0.1, 0.15) is 22.9 Å². The lowest BCUT2D eigenvalue weighted by atomic mass is 9.93. The molecule has 0 aliphatic heterocycles. The van der Waals surface area contributed by atoms with E-state index in [4.69, 9.17) is 10.5 Å². The Bertz CT molecular complexity index is 1570. The molecule has 1 atom stereocenters. The summed E-state index contributed by atoms with van der Waals surface area (Å²) in [5.74, 6) is -2.42. The molecular weight excluding hydrogens is 534 g/mol. The second kappa shape index (κ2) is 10.9. The van der Waals surface area contributed by atoms with E-state index in [2.05, 4.69) is 15.3 Å². The van der Waals surface area contributed by atoms with Gasteiger partial charge < -0.3 is 25.5 Å². The van der Waals surface area contributed by atoms with Crippen LogP contribution in [-0.2, 0) is 23.9 Å². The smallest absolute Gasteiger partial charge is 0.424 e. The van der Waals surface area contributed by atoms with Crippen LogP contribution in [0.15, 0.2) is 54.9 Å². The molecule has 210 valence electrons. The molecule has 0 unspecified atom stereocenters. The Labute approximate surface area is 225 Å². The fourth-order valence-corrected chi connectivity index (χ4v) is 4.23. The van der Waals surface area contributed by atoms with Gasteiger partial charge in [0, 0.05) is 36.0 Å². The maximum absolute atomic E-state index is 14.5.